The second-order valence-corrected chi connectivity index (χ2v) is 8.34. The number of rotatable bonds is 5. The van der Waals surface area contributed by atoms with Gasteiger partial charge in [0.25, 0.3) is 5.91 Å². The summed E-state index contributed by atoms with van der Waals surface area (Å²) in [6, 6.07) is 12.1. The number of hydrogen-bond donors (Lipinski definition) is 2. The lowest BCUT2D eigenvalue weighted by Gasteiger charge is -2.32. The average molecular weight is 392 g/mol. The largest absolute Gasteiger partial charge is 0.362 e. The van der Waals surface area contributed by atoms with Crippen LogP contribution in [0.4, 0.5) is 11.4 Å². The molecule has 152 valence electrons. The molecule has 2 aromatic rings. The van der Waals surface area contributed by atoms with Crippen LogP contribution in [-0.2, 0) is 24.1 Å². The van der Waals surface area contributed by atoms with E-state index in [-0.39, 0.29) is 17.9 Å². The zero-order chi connectivity index (χ0) is 20.4. The highest BCUT2D eigenvalue weighted by Crippen LogP contribution is 2.30. The lowest BCUT2D eigenvalue weighted by molar-refractivity contribution is -0.115. The van der Waals surface area contributed by atoms with Gasteiger partial charge in [0.05, 0.1) is 6.54 Å². The third-order valence-corrected chi connectivity index (χ3v) is 5.73. The number of carbonyl (C=O) groups is 2. The van der Waals surface area contributed by atoms with E-state index >= 15 is 0 Å². The molecule has 0 atom stereocenters. The third kappa shape index (κ3) is 4.29. The van der Waals surface area contributed by atoms with E-state index in [4.69, 9.17) is 0 Å². The van der Waals surface area contributed by atoms with Crippen LogP contribution in [0.5, 0.6) is 0 Å². The second-order valence-electron chi connectivity index (χ2n) is 8.34. The van der Waals surface area contributed by atoms with Gasteiger partial charge in [-0.05, 0) is 86.9 Å². The molecule has 5 nitrogen and oxygen atoms in total. The summed E-state index contributed by atoms with van der Waals surface area (Å²) in [7, 11) is 0. The van der Waals surface area contributed by atoms with Crippen LogP contribution in [0.15, 0.2) is 36.4 Å². The number of nitrogens with one attached hydrogen (secondary N) is 2. The van der Waals surface area contributed by atoms with Crippen molar-refractivity contribution >= 4 is 23.2 Å². The Bertz CT molecular complexity index is 936. The molecule has 1 heterocycles. The van der Waals surface area contributed by atoms with Crippen molar-refractivity contribution < 1.29 is 9.59 Å². The maximum Gasteiger partial charge on any atom is 0.251 e. The summed E-state index contributed by atoms with van der Waals surface area (Å²) >= 11 is 0. The van der Waals surface area contributed by atoms with Gasteiger partial charge in [-0.15, -0.1) is 0 Å². The summed E-state index contributed by atoms with van der Waals surface area (Å²) in [6.07, 6.45) is 5.23. The van der Waals surface area contributed by atoms with Crippen LogP contribution in [-0.4, -0.2) is 30.9 Å². The fourth-order valence-electron chi connectivity index (χ4n) is 4.44. The molecule has 0 spiro atoms. The Morgan fingerprint density at radius 3 is 2.69 bits per heavy atom. The Morgan fingerprint density at radius 2 is 1.86 bits per heavy atom. The molecule has 0 saturated carbocycles. The van der Waals surface area contributed by atoms with Crippen LogP contribution < -0.4 is 15.5 Å². The van der Waals surface area contributed by atoms with E-state index in [1.807, 2.05) is 38.1 Å². The summed E-state index contributed by atoms with van der Waals surface area (Å²) in [5.41, 5.74) is 6.39. The Balaban J connectivity index is 1.48. The summed E-state index contributed by atoms with van der Waals surface area (Å²) < 4.78 is 0. The van der Waals surface area contributed by atoms with Crippen molar-refractivity contribution in [3.8, 4) is 0 Å². The first-order chi connectivity index (χ1) is 14.0. The molecule has 2 aliphatic rings. The van der Waals surface area contributed by atoms with Crippen LogP contribution in [0, 0.1) is 0 Å². The molecule has 2 aromatic carbocycles. The molecule has 1 aliphatic carbocycles. The van der Waals surface area contributed by atoms with Crippen LogP contribution in [0.1, 0.15) is 53.7 Å². The molecule has 29 heavy (non-hydrogen) atoms. The first-order valence-corrected chi connectivity index (χ1v) is 10.6. The van der Waals surface area contributed by atoms with Crippen LogP contribution in [0.25, 0.3) is 0 Å². The van der Waals surface area contributed by atoms with Crippen molar-refractivity contribution in [2.45, 2.75) is 52.0 Å². The van der Waals surface area contributed by atoms with E-state index in [0.717, 1.165) is 54.7 Å². The molecule has 5 heteroatoms. The summed E-state index contributed by atoms with van der Waals surface area (Å²) in [6.45, 7) is 5.03. The number of benzene rings is 2. The number of nitrogens with zero attached hydrogens (tertiary/aromatic N) is 1. The minimum atomic E-state index is -0.0405. The minimum absolute atomic E-state index is 0.0205. The van der Waals surface area contributed by atoms with E-state index in [0.29, 0.717) is 6.54 Å². The quantitative estimate of drug-likeness (QED) is 0.817. The van der Waals surface area contributed by atoms with Gasteiger partial charge in [0.1, 0.15) is 0 Å². The van der Waals surface area contributed by atoms with Crippen molar-refractivity contribution in [2.24, 2.45) is 0 Å². The molecular weight excluding hydrogens is 362 g/mol. The minimum Gasteiger partial charge on any atom is -0.362 e. The number of amides is 2. The maximum absolute atomic E-state index is 12.7. The number of hydrogen-bond acceptors (Lipinski definition) is 3. The highest BCUT2D eigenvalue weighted by molar-refractivity contribution is 5.98. The first-order valence-electron chi connectivity index (χ1n) is 10.6. The van der Waals surface area contributed by atoms with Gasteiger partial charge in [0.2, 0.25) is 5.91 Å². The normalized spacial score (nSPS) is 15.1. The van der Waals surface area contributed by atoms with Gasteiger partial charge >= 0.3 is 0 Å². The molecule has 0 aromatic heterocycles. The number of fused-ring (bicyclic) bond motifs is 2. The van der Waals surface area contributed by atoms with Crippen molar-refractivity contribution in [3.05, 3.63) is 58.7 Å². The van der Waals surface area contributed by atoms with Crippen LogP contribution in [0.3, 0.4) is 0 Å². The lowest BCUT2D eigenvalue weighted by Crippen LogP contribution is -2.38. The van der Waals surface area contributed by atoms with E-state index in [1.54, 1.807) is 0 Å². The summed E-state index contributed by atoms with van der Waals surface area (Å²) in [4.78, 5) is 27.4. The molecule has 0 saturated heterocycles. The first kappa shape index (κ1) is 19.5. The Labute approximate surface area is 172 Å². The van der Waals surface area contributed by atoms with Crippen LogP contribution >= 0.6 is 0 Å². The van der Waals surface area contributed by atoms with Crippen molar-refractivity contribution in [1.82, 2.24) is 5.32 Å². The number of anilines is 2. The van der Waals surface area contributed by atoms with E-state index in [2.05, 4.69) is 27.7 Å². The van der Waals surface area contributed by atoms with Crippen LogP contribution in [0.2, 0.25) is 0 Å². The number of aryl methyl sites for hydroxylation is 2. The highest BCUT2D eigenvalue weighted by atomic mass is 16.2. The molecule has 0 bridgehead atoms. The van der Waals surface area contributed by atoms with Gasteiger partial charge in [-0.1, -0.05) is 12.1 Å². The molecule has 0 radical (unpaired) electrons. The SMILES string of the molecule is CC(C)NC(=O)c1cccc2c1CCCN2CC(=O)Nc1ccc2c(c1)CCC2. The molecular formula is C24H29N3O2. The fraction of sp³-hybridized carbons (Fsp3) is 0.417. The lowest BCUT2D eigenvalue weighted by atomic mass is 9.95. The van der Waals surface area contributed by atoms with Crippen molar-refractivity contribution in [1.29, 1.82) is 0 Å². The van der Waals surface area contributed by atoms with Gasteiger partial charge in [-0.25, -0.2) is 0 Å². The molecule has 4 rings (SSSR count). The van der Waals surface area contributed by atoms with E-state index < -0.39 is 0 Å². The monoisotopic (exact) mass is 391 g/mol. The van der Waals surface area contributed by atoms with E-state index in [1.165, 1.54) is 17.5 Å². The predicted molar refractivity (Wildman–Crippen MR) is 117 cm³/mol. The molecule has 0 unspecified atom stereocenters. The Kier molecular flexibility index (Phi) is 5.56. The zero-order valence-electron chi connectivity index (χ0n) is 17.3. The second kappa shape index (κ2) is 8.27. The van der Waals surface area contributed by atoms with Gasteiger partial charge in [0, 0.05) is 29.5 Å². The smallest absolute Gasteiger partial charge is 0.251 e. The Morgan fingerprint density at radius 1 is 1.03 bits per heavy atom. The van der Waals surface area contributed by atoms with Gasteiger partial charge in [0.15, 0.2) is 0 Å². The highest BCUT2D eigenvalue weighted by Gasteiger charge is 2.24. The molecule has 2 amide bonds. The van der Waals surface area contributed by atoms with Gasteiger partial charge in [-0.2, -0.15) is 0 Å². The number of carbonyl (C=O) groups excluding carboxylic acids is 2. The van der Waals surface area contributed by atoms with Gasteiger partial charge < -0.3 is 15.5 Å². The van der Waals surface area contributed by atoms with Crippen molar-refractivity contribution in [3.63, 3.8) is 0 Å². The molecule has 2 N–H and O–H groups in total. The van der Waals surface area contributed by atoms with E-state index in [9.17, 15) is 9.59 Å². The maximum atomic E-state index is 12.7. The Hall–Kier alpha value is -2.82. The standard InChI is InChI=1S/C24H29N3O2/c1-16(2)25-24(29)21-8-4-10-22-20(21)9-5-13-27(22)15-23(28)26-19-12-11-17-6-3-7-18(17)14-19/h4,8,10-12,14,16H,3,5-7,9,13,15H2,1-2H3,(H,25,29)(H,26,28). The molecule has 1 aliphatic heterocycles. The predicted octanol–water partition coefficient (Wildman–Crippen LogP) is 3.70. The van der Waals surface area contributed by atoms with Gasteiger partial charge in [-0.3, -0.25) is 9.59 Å². The zero-order valence-corrected chi connectivity index (χ0v) is 17.3. The fourth-order valence-corrected chi connectivity index (χ4v) is 4.44. The van der Waals surface area contributed by atoms with Crippen molar-refractivity contribution in [2.75, 3.05) is 23.3 Å². The summed E-state index contributed by atoms with van der Waals surface area (Å²) in [5.74, 6) is -0.0610. The summed E-state index contributed by atoms with van der Waals surface area (Å²) in [5, 5.41) is 6.03. The molecule has 0 fully saturated rings. The topological polar surface area (TPSA) is 61.4 Å². The average Bonchev–Trinajstić information content (AvgIpc) is 3.15. The third-order valence-electron chi connectivity index (χ3n) is 5.73.